The van der Waals surface area contributed by atoms with E-state index in [2.05, 4.69) is 15.4 Å². The van der Waals surface area contributed by atoms with E-state index in [1.54, 1.807) is 19.2 Å². The average Bonchev–Trinajstić information content (AvgIpc) is 2.40. The van der Waals surface area contributed by atoms with Crippen molar-refractivity contribution >= 4 is 29.0 Å². The van der Waals surface area contributed by atoms with Gasteiger partial charge in [-0.2, -0.15) is 0 Å². The van der Waals surface area contributed by atoms with Crippen molar-refractivity contribution in [1.29, 1.82) is 0 Å². The Hall–Kier alpha value is -1.66. The molecule has 0 saturated carbocycles. The molecule has 0 aromatic heterocycles. The number of benzene rings is 1. The Bertz CT molecular complexity index is 463. The minimum absolute atomic E-state index is 0.374. The highest BCUT2D eigenvalue weighted by Crippen LogP contribution is 2.17. The molecule has 5 nitrogen and oxygen atoms in total. The summed E-state index contributed by atoms with van der Waals surface area (Å²) in [5.41, 5.74) is 2.25. The average molecular weight is 282 g/mol. The molecule has 104 valence electrons. The number of hydrogen-bond acceptors (Lipinski definition) is 4. The highest BCUT2D eigenvalue weighted by molar-refractivity contribution is 7.80. The Morgan fingerprint density at radius 2 is 2.11 bits per heavy atom. The molecular weight excluding hydrogens is 264 g/mol. The maximum absolute atomic E-state index is 11.5. The number of carbonyl (C=O) groups excluding carboxylic acids is 1. The first kappa shape index (κ1) is 15.4. The fourth-order valence-electron chi connectivity index (χ4n) is 1.43. The molecule has 0 fully saturated rings. The Labute approximate surface area is 118 Å². The van der Waals surface area contributed by atoms with Gasteiger partial charge in [0.05, 0.1) is 19.3 Å². The summed E-state index contributed by atoms with van der Waals surface area (Å²) in [5.74, 6) is -0.374. The summed E-state index contributed by atoms with van der Waals surface area (Å²) in [6.07, 6.45) is 0. The van der Waals surface area contributed by atoms with Gasteiger partial charge in [-0.25, -0.2) is 4.79 Å². The maximum atomic E-state index is 11.5. The van der Waals surface area contributed by atoms with Crippen LogP contribution in [0.2, 0.25) is 0 Å². The van der Waals surface area contributed by atoms with E-state index in [1.165, 1.54) is 7.11 Å². The molecule has 2 N–H and O–H groups in total. The standard InChI is InChI=1S/C13H18N2O3S/c1-9-4-5-10(12(16)18-3)8-11(9)15-13(19)14-6-7-17-2/h4-5,8H,6-7H2,1-3H3,(H2,14,15,19). The number of aryl methyl sites for hydroxylation is 1. The summed E-state index contributed by atoms with van der Waals surface area (Å²) in [6.45, 7) is 3.13. The third kappa shape index (κ3) is 4.84. The first-order valence-corrected chi connectivity index (χ1v) is 6.22. The largest absolute Gasteiger partial charge is 0.465 e. The number of anilines is 1. The van der Waals surface area contributed by atoms with Crippen LogP contribution in [0.1, 0.15) is 15.9 Å². The SMILES string of the molecule is COCCNC(=S)Nc1cc(C(=O)OC)ccc1C. The summed E-state index contributed by atoms with van der Waals surface area (Å²) in [6, 6.07) is 5.27. The molecular formula is C13H18N2O3S. The molecule has 1 rings (SSSR count). The van der Waals surface area contributed by atoms with Gasteiger partial charge in [0.25, 0.3) is 0 Å². The van der Waals surface area contributed by atoms with Crippen LogP contribution in [0.4, 0.5) is 5.69 Å². The normalized spacial score (nSPS) is 9.84. The van der Waals surface area contributed by atoms with Gasteiger partial charge < -0.3 is 20.1 Å². The quantitative estimate of drug-likeness (QED) is 0.487. The lowest BCUT2D eigenvalue weighted by Crippen LogP contribution is -2.31. The molecule has 0 bridgehead atoms. The van der Waals surface area contributed by atoms with Crippen LogP contribution in [0.15, 0.2) is 18.2 Å². The lowest BCUT2D eigenvalue weighted by atomic mass is 10.1. The fraction of sp³-hybridized carbons (Fsp3) is 0.385. The van der Waals surface area contributed by atoms with Crippen molar-refractivity contribution in [2.75, 3.05) is 32.7 Å². The molecule has 1 aromatic carbocycles. The van der Waals surface area contributed by atoms with E-state index in [4.69, 9.17) is 17.0 Å². The number of ether oxygens (including phenoxy) is 2. The number of rotatable bonds is 5. The Morgan fingerprint density at radius 3 is 2.74 bits per heavy atom. The highest BCUT2D eigenvalue weighted by Gasteiger charge is 2.08. The van der Waals surface area contributed by atoms with Gasteiger partial charge in [-0.3, -0.25) is 0 Å². The van der Waals surface area contributed by atoms with Crippen molar-refractivity contribution in [3.05, 3.63) is 29.3 Å². The molecule has 19 heavy (non-hydrogen) atoms. The highest BCUT2D eigenvalue weighted by atomic mass is 32.1. The van der Waals surface area contributed by atoms with Crippen molar-refractivity contribution < 1.29 is 14.3 Å². The van der Waals surface area contributed by atoms with Crippen LogP contribution in [0.3, 0.4) is 0 Å². The van der Waals surface area contributed by atoms with Crippen LogP contribution in [-0.2, 0) is 9.47 Å². The van der Waals surface area contributed by atoms with Gasteiger partial charge in [-0.15, -0.1) is 0 Å². The zero-order valence-electron chi connectivity index (χ0n) is 11.3. The van der Waals surface area contributed by atoms with Crippen LogP contribution in [-0.4, -0.2) is 38.5 Å². The number of hydrogen-bond donors (Lipinski definition) is 2. The minimum atomic E-state index is -0.374. The van der Waals surface area contributed by atoms with Gasteiger partial charge in [0.15, 0.2) is 5.11 Å². The van der Waals surface area contributed by atoms with Crippen LogP contribution < -0.4 is 10.6 Å². The van der Waals surface area contributed by atoms with E-state index in [9.17, 15) is 4.79 Å². The van der Waals surface area contributed by atoms with Crippen molar-refractivity contribution in [2.45, 2.75) is 6.92 Å². The first-order chi connectivity index (χ1) is 9.08. The Balaban J connectivity index is 2.71. The second kappa shape index (κ2) is 7.70. The van der Waals surface area contributed by atoms with E-state index < -0.39 is 0 Å². The second-order valence-electron chi connectivity index (χ2n) is 3.89. The predicted octanol–water partition coefficient (Wildman–Crippen LogP) is 1.71. The first-order valence-electron chi connectivity index (χ1n) is 5.81. The number of esters is 1. The van der Waals surface area contributed by atoms with E-state index in [0.29, 0.717) is 23.8 Å². The van der Waals surface area contributed by atoms with Crippen LogP contribution in [0, 0.1) is 6.92 Å². The summed E-state index contributed by atoms with van der Waals surface area (Å²) in [7, 11) is 2.98. The van der Waals surface area contributed by atoms with Crippen LogP contribution in [0.5, 0.6) is 0 Å². The third-order valence-electron chi connectivity index (χ3n) is 2.50. The van der Waals surface area contributed by atoms with E-state index in [0.717, 1.165) is 11.3 Å². The lowest BCUT2D eigenvalue weighted by molar-refractivity contribution is 0.0601. The molecule has 0 atom stereocenters. The van der Waals surface area contributed by atoms with Gasteiger partial charge in [-0.1, -0.05) is 6.07 Å². The van der Waals surface area contributed by atoms with Gasteiger partial charge in [0, 0.05) is 19.3 Å². The molecule has 0 amide bonds. The number of methoxy groups -OCH3 is 2. The zero-order chi connectivity index (χ0) is 14.3. The minimum Gasteiger partial charge on any atom is -0.465 e. The summed E-state index contributed by atoms with van der Waals surface area (Å²) < 4.78 is 9.60. The molecule has 0 radical (unpaired) electrons. The molecule has 0 unspecified atom stereocenters. The monoisotopic (exact) mass is 282 g/mol. The Morgan fingerprint density at radius 1 is 1.37 bits per heavy atom. The molecule has 0 aliphatic rings. The molecule has 6 heteroatoms. The predicted molar refractivity (Wildman–Crippen MR) is 78.6 cm³/mol. The number of thiocarbonyl (C=S) groups is 1. The van der Waals surface area contributed by atoms with Gasteiger partial charge in [0.1, 0.15) is 0 Å². The third-order valence-corrected chi connectivity index (χ3v) is 2.75. The Kier molecular flexibility index (Phi) is 6.24. The maximum Gasteiger partial charge on any atom is 0.337 e. The smallest absolute Gasteiger partial charge is 0.337 e. The molecule has 0 heterocycles. The lowest BCUT2D eigenvalue weighted by Gasteiger charge is -2.13. The molecule has 0 aliphatic heterocycles. The van der Waals surface area contributed by atoms with Gasteiger partial charge in [0.2, 0.25) is 0 Å². The second-order valence-corrected chi connectivity index (χ2v) is 4.30. The zero-order valence-corrected chi connectivity index (χ0v) is 12.1. The fourth-order valence-corrected chi connectivity index (χ4v) is 1.65. The summed E-state index contributed by atoms with van der Waals surface area (Å²) in [4.78, 5) is 11.5. The van der Waals surface area contributed by atoms with Crippen molar-refractivity contribution in [1.82, 2.24) is 5.32 Å². The summed E-state index contributed by atoms with van der Waals surface area (Å²) >= 11 is 5.15. The molecule has 0 aliphatic carbocycles. The van der Waals surface area contributed by atoms with Gasteiger partial charge in [-0.05, 0) is 36.8 Å². The van der Waals surface area contributed by atoms with Crippen molar-refractivity contribution in [2.24, 2.45) is 0 Å². The van der Waals surface area contributed by atoms with Crippen LogP contribution in [0.25, 0.3) is 0 Å². The van der Waals surface area contributed by atoms with Crippen molar-refractivity contribution in [3.8, 4) is 0 Å². The molecule has 1 aromatic rings. The van der Waals surface area contributed by atoms with E-state index >= 15 is 0 Å². The number of nitrogens with one attached hydrogen (secondary N) is 2. The summed E-state index contributed by atoms with van der Waals surface area (Å²) in [5, 5.41) is 6.53. The van der Waals surface area contributed by atoms with Gasteiger partial charge >= 0.3 is 5.97 Å². The van der Waals surface area contributed by atoms with E-state index in [1.807, 2.05) is 13.0 Å². The molecule has 0 saturated heterocycles. The van der Waals surface area contributed by atoms with Crippen molar-refractivity contribution in [3.63, 3.8) is 0 Å². The number of carbonyl (C=O) groups is 1. The van der Waals surface area contributed by atoms with E-state index in [-0.39, 0.29) is 5.97 Å². The molecule has 0 spiro atoms. The topological polar surface area (TPSA) is 59.6 Å². The van der Waals surface area contributed by atoms with Crippen LogP contribution >= 0.6 is 12.2 Å².